The Morgan fingerprint density at radius 3 is 2.92 bits per heavy atom. The maximum absolute atomic E-state index is 13.1. The van der Waals surface area contributed by atoms with E-state index in [1.165, 1.54) is 10.6 Å². The van der Waals surface area contributed by atoms with E-state index >= 15 is 0 Å². The van der Waals surface area contributed by atoms with Crippen molar-refractivity contribution in [1.29, 1.82) is 0 Å². The largest absolute Gasteiger partial charge is 0.488 e. The summed E-state index contributed by atoms with van der Waals surface area (Å²) in [6.45, 7) is 1.33. The first-order valence-electron chi connectivity index (χ1n) is 8.90. The van der Waals surface area contributed by atoms with Crippen LogP contribution in [0.15, 0.2) is 60.1 Å². The summed E-state index contributed by atoms with van der Waals surface area (Å²) in [4.78, 5) is 16.3. The molecule has 1 amide bonds. The van der Waals surface area contributed by atoms with Crippen molar-refractivity contribution < 1.29 is 9.53 Å². The molecule has 0 N–H and O–H groups in total. The molecule has 1 aliphatic rings. The highest BCUT2D eigenvalue weighted by atomic mass is 32.1. The van der Waals surface area contributed by atoms with Gasteiger partial charge in [0.1, 0.15) is 12.4 Å². The number of aromatic nitrogens is 1. The zero-order valence-corrected chi connectivity index (χ0v) is 15.6. The summed E-state index contributed by atoms with van der Waals surface area (Å²) in [6, 6.07) is 15.9. The van der Waals surface area contributed by atoms with Crippen molar-refractivity contribution in [2.45, 2.75) is 25.5 Å². The maximum Gasteiger partial charge on any atom is 0.254 e. The van der Waals surface area contributed by atoms with E-state index in [-0.39, 0.29) is 11.9 Å². The molecule has 3 aromatic rings. The predicted octanol–water partition coefficient (Wildman–Crippen LogP) is 4.64. The van der Waals surface area contributed by atoms with Crippen molar-refractivity contribution in [3.63, 3.8) is 0 Å². The van der Waals surface area contributed by atoms with E-state index in [2.05, 4.69) is 10.6 Å². The number of likely N-dealkylation sites (tertiary alicyclic amines) is 1. The molecule has 1 unspecified atom stereocenters. The Balaban J connectivity index is 1.50. The van der Waals surface area contributed by atoms with Crippen molar-refractivity contribution in [3.05, 3.63) is 76.2 Å². The number of hydrogen-bond donors (Lipinski definition) is 0. The fourth-order valence-electron chi connectivity index (χ4n) is 3.57. The Hall–Kier alpha value is -2.53. The van der Waals surface area contributed by atoms with Gasteiger partial charge in [0, 0.05) is 35.9 Å². The molecule has 1 atom stereocenters. The lowest BCUT2D eigenvalue weighted by Gasteiger charge is -2.25. The molecule has 0 spiro atoms. The van der Waals surface area contributed by atoms with Crippen LogP contribution in [0.25, 0.3) is 0 Å². The molecule has 3 heterocycles. The minimum Gasteiger partial charge on any atom is -0.488 e. The number of carbonyl (C=O) groups excluding carboxylic acids is 1. The molecule has 4 nitrogen and oxygen atoms in total. The van der Waals surface area contributed by atoms with Gasteiger partial charge in [-0.3, -0.25) is 4.79 Å². The van der Waals surface area contributed by atoms with Crippen LogP contribution in [0.4, 0.5) is 0 Å². The molecular formula is C21H22N2O2S. The van der Waals surface area contributed by atoms with Gasteiger partial charge in [-0.15, -0.1) is 11.3 Å². The Labute approximate surface area is 157 Å². The van der Waals surface area contributed by atoms with Crippen LogP contribution in [-0.2, 0) is 13.7 Å². The second-order valence-electron chi connectivity index (χ2n) is 6.60. The summed E-state index contributed by atoms with van der Waals surface area (Å²) in [5.41, 5.74) is 1.88. The summed E-state index contributed by atoms with van der Waals surface area (Å²) < 4.78 is 7.97. The molecule has 134 valence electrons. The molecule has 0 bridgehead atoms. The quantitative estimate of drug-likeness (QED) is 0.659. The van der Waals surface area contributed by atoms with Gasteiger partial charge in [-0.25, -0.2) is 0 Å². The summed E-state index contributed by atoms with van der Waals surface area (Å²) in [6.07, 6.45) is 4.09. The molecular weight excluding hydrogens is 344 g/mol. The second kappa shape index (κ2) is 7.38. The van der Waals surface area contributed by atoms with Crippen molar-refractivity contribution >= 4 is 17.2 Å². The monoisotopic (exact) mass is 366 g/mol. The SMILES string of the molecule is Cn1cccc1C1CCCN1C(=O)c1cccc(OCc2cccs2)c1. The van der Waals surface area contributed by atoms with E-state index in [1.54, 1.807) is 11.3 Å². The second-order valence-corrected chi connectivity index (χ2v) is 7.63. The van der Waals surface area contributed by atoms with Crippen LogP contribution in [0.1, 0.15) is 39.8 Å². The van der Waals surface area contributed by atoms with Crippen LogP contribution in [0.5, 0.6) is 5.75 Å². The van der Waals surface area contributed by atoms with Gasteiger partial charge in [-0.1, -0.05) is 12.1 Å². The van der Waals surface area contributed by atoms with Crippen LogP contribution >= 0.6 is 11.3 Å². The number of thiophene rings is 1. The minimum absolute atomic E-state index is 0.0790. The Morgan fingerprint density at radius 2 is 2.15 bits per heavy atom. The Bertz CT molecular complexity index is 885. The zero-order chi connectivity index (χ0) is 17.9. The highest BCUT2D eigenvalue weighted by Crippen LogP contribution is 2.33. The van der Waals surface area contributed by atoms with E-state index in [9.17, 15) is 4.79 Å². The number of ether oxygens (including phenoxy) is 1. The molecule has 26 heavy (non-hydrogen) atoms. The van der Waals surface area contributed by atoms with Crippen LogP contribution in [0, 0.1) is 0 Å². The minimum atomic E-state index is 0.0790. The van der Waals surface area contributed by atoms with Crippen LogP contribution in [-0.4, -0.2) is 21.9 Å². The van der Waals surface area contributed by atoms with Gasteiger partial charge < -0.3 is 14.2 Å². The Morgan fingerprint density at radius 1 is 1.23 bits per heavy atom. The van der Waals surface area contributed by atoms with Crippen LogP contribution < -0.4 is 4.74 Å². The van der Waals surface area contributed by atoms with Crippen LogP contribution in [0.2, 0.25) is 0 Å². The first kappa shape index (κ1) is 16.9. The standard InChI is InChI=1S/C21H22N2O2S/c1-22-11-3-9-19(22)20-10-4-12-23(20)21(24)16-6-2-7-17(14-16)25-15-18-8-5-13-26-18/h2-3,5-9,11,13-14,20H,4,10,12,15H2,1H3. The number of hydrogen-bond acceptors (Lipinski definition) is 3. The van der Waals surface area contributed by atoms with Gasteiger partial charge in [0.25, 0.3) is 5.91 Å². The molecule has 2 aromatic heterocycles. The van der Waals surface area contributed by atoms with Crippen molar-refractivity contribution in [1.82, 2.24) is 9.47 Å². The lowest BCUT2D eigenvalue weighted by molar-refractivity contribution is 0.0730. The maximum atomic E-state index is 13.1. The first-order chi connectivity index (χ1) is 12.7. The normalized spacial score (nSPS) is 16.8. The molecule has 1 aliphatic heterocycles. The first-order valence-corrected chi connectivity index (χ1v) is 9.78. The van der Waals surface area contributed by atoms with Gasteiger partial charge in [0.2, 0.25) is 0 Å². The van der Waals surface area contributed by atoms with Crippen molar-refractivity contribution in [3.8, 4) is 5.75 Å². The van der Waals surface area contributed by atoms with Gasteiger partial charge in [-0.2, -0.15) is 0 Å². The molecule has 5 heteroatoms. The smallest absolute Gasteiger partial charge is 0.254 e. The molecule has 1 saturated heterocycles. The lowest BCUT2D eigenvalue weighted by Crippen LogP contribution is -2.31. The third kappa shape index (κ3) is 3.40. The average molecular weight is 366 g/mol. The van der Waals surface area contributed by atoms with E-state index in [0.717, 1.165) is 25.1 Å². The molecule has 4 rings (SSSR count). The number of benzene rings is 1. The van der Waals surface area contributed by atoms with E-state index in [4.69, 9.17) is 4.74 Å². The summed E-state index contributed by atoms with van der Waals surface area (Å²) in [5.74, 6) is 0.814. The molecule has 1 aromatic carbocycles. The third-order valence-corrected chi connectivity index (χ3v) is 5.73. The number of rotatable bonds is 5. The van der Waals surface area contributed by atoms with E-state index < -0.39 is 0 Å². The third-order valence-electron chi connectivity index (χ3n) is 4.88. The fourth-order valence-corrected chi connectivity index (χ4v) is 4.19. The number of nitrogens with zero attached hydrogens (tertiary/aromatic N) is 2. The number of amides is 1. The van der Waals surface area contributed by atoms with E-state index in [0.29, 0.717) is 12.2 Å². The molecule has 0 saturated carbocycles. The number of aryl methyl sites for hydroxylation is 1. The average Bonchev–Trinajstić information content (AvgIpc) is 3.41. The summed E-state index contributed by atoms with van der Waals surface area (Å²) >= 11 is 1.67. The van der Waals surface area contributed by atoms with Gasteiger partial charge in [-0.05, 0) is 54.6 Å². The van der Waals surface area contributed by atoms with Crippen LogP contribution in [0.3, 0.4) is 0 Å². The summed E-state index contributed by atoms with van der Waals surface area (Å²) in [5, 5.41) is 2.04. The predicted molar refractivity (Wildman–Crippen MR) is 104 cm³/mol. The van der Waals surface area contributed by atoms with Crippen molar-refractivity contribution in [2.24, 2.45) is 7.05 Å². The molecule has 0 aliphatic carbocycles. The summed E-state index contributed by atoms with van der Waals surface area (Å²) in [7, 11) is 2.04. The molecule has 1 fully saturated rings. The van der Waals surface area contributed by atoms with Gasteiger partial charge >= 0.3 is 0 Å². The Kier molecular flexibility index (Phi) is 4.80. The van der Waals surface area contributed by atoms with E-state index in [1.807, 2.05) is 66.0 Å². The topological polar surface area (TPSA) is 34.5 Å². The highest BCUT2D eigenvalue weighted by molar-refractivity contribution is 7.09. The molecule has 0 radical (unpaired) electrons. The van der Waals surface area contributed by atoms with Gasteiger partial charge in [0.05, 0.1) is 6.04 Å². The highest BCUT2D eigenvalue weighted by Gasteiger charge is 2.31. The zero-order valence-electron chi connectivity index (χ0n) is 14.8. The van der Waals surface area contributed by atoms with Gasteiger partial charge in [0.15, 0.2) is 0 Å². The number of carbonyl (C=O) groups is 1. The lowest BCUT2D eigenvalue weighted by atomic mass is 10.1. The fraction of sp³-hybridized carbons (Fsp3) is 0.286. The van der Waals surface area contributed by atoms with Crippen molar-refractivity contribution in [2.75, 3.05) is 6.54 Å².